The number of nitrogens with one attached hydrogen (secondary N) is 1. The summed E-state index contributed by atoms with van der Waals surface area (Å²) in [6, 6.07) is 20.4. The van der Waals surface area contributed by atoms with Crippen molar-refractivity contribution in [2.75, 3.05) is 23.3 Å². The monoisotopic (exact) mass is 400 g/mol. The van der Waals surface area contributed by atoms with Gasteiger partial charge in [0.25, 0.3) is 0 Å². The number of benzene rings is 2. The van der Waals surface area contributed by atoms with E-state index in [1.54, 1.807) is 0 Å². The van der Waals surface area contributed by atoms with E-state index < -0.39 is 0 Å². The SMILES string of the molecule is CCc1ccc(NC(=O)C2CCN(c3ccc(-c4ccc(C)cc4)nn3)CC2)cc1. The van der Waals surface area contributed by atoms with Crippen molar-refractivity contribution in [2.24, 2.45) is 5.92 Å². The number of aryl methyl sites for hydroxylation is 2. The van der Waals surface area contributed by atoms with Crippen LogP contribution < -0.4 is 10.2 Å². The number of carbonyl (C=O) groups excluding carboxylic acids is 1. The third-order valence-corrected chi connectivity index (χ3v) is 5.82. The molecule has 1 fully saturated rings. The first-order valence-corrected chi connectivity index (χ1v) is 10.7. The summed E-state index contributed by atoms with van der Waals surface area (Å²) < 4.78 is 0. The molecule has 3 aromatic rings. The predicted octanol–water partition coefficient (Wildman–Crippen LogP) is 4.87. The van der Waals surface area contributed by atoms with Gasteiger partial charge in [0.2, 0.25) is 5.91 Å². The molecule has 0 saturated carbocycles. The van der Waals surface area contributed by atoms with Crippen LogP contribution in [0.1, 0.15) is 30.9 Å². The molecule has 0 unspecified atom stereocenters. The summed E-state index contributed by atoms with van der Waals surface area (Å²) in [7, 11) is 0. The van der Waals surface area contributed by atoms with Crippen molar-refractivity contribution in [3.8, 4) is 11.3 Å². The highest BCUT2D eigenvalue weighted by Crippen LogP contribution is 2.24. The van der Waals surface area contributed by atoms with Gasteiger partial charge in [-0.05, 0) is 56.0 Å². The summed E-state index contributed by atoms with van der Waals surface area (Å²) in [6.07, 6.45) is 2.64. The largest absolute Gasteiger partial charge is 0.355 e. The summed E-state index contributed by atoms with van der Waals surface area (Å²) >= 11 is 0. The number of amides is 1. The highest BCUT2D eigenvalue weighted by Gasteiger charge is 2.26. The Balaban J connectivity index is 1.32. The first-order chi connectivity index (χ1) is 14.6. The standard InChI is InChI=1S/C25H28N4O/c1-3-19-6-10-22(11-7-19)26-25(30)21-14-16-29(17-15-21)24-13-12-23(27-28-24)20-8-4-18(2)5-9-20/h4-13,21H,3,14-17H2,1-2H3,(H,26,30). The topological polar surface area (TPSA) is 58.1 Å². The Morgan fingerprint density at radius 2 is 1.67 bits per heavy atom. The number of aromatic nitrogens is 2. The average molecular weight is 401 g/mol. The molecule has 1 aliphatic heterocycles. The van der Waals surface area contributed by atoms with Crippen LogP contribution in [-0.2, 0) is 11.2 Å². The minimum atomic E-state index is 0.0342. The predicted molar refractivity (Wildman–Crippen MR) is 122 cm³/mol. The molecule has 1 saturated heterocycles. The van der Waals surface area contributed by atoms with E-state index >= 15 is 0 Å². The van der Waals surface area contributed by atoms with E-state index in [0.717, 1.165) is 55.1 Å². The lowest BCUT2D eigenvalue weighted by Crippen LogP contribution is -2.38. The van der Waals surface area contributed by atoms with E-state index in [2.05, 4.69) is 70.7 Å². The van der Waals surface area contributed by atoms with Crippen LogP contribution >= 0.6 is 0 Å². The van der Waals surface area contributed by atoms with E-state index in [1.165, 1.54) is 11.1 Å². The van der Waals surface area contributed by atoms with E-state index in [0.29, 0.717) is 0 Å². The summed E-state index contributed by atoms with van der Waals surface area (Å²) in [5.41, 5.74) is 5.32. The summed E-state index contributed by atoms with van der Waals surface area (Å²) in [5, 5.41) is 11.9. The molecule has 0 radical (unpaired) electrons. The van der Waals surface area contributed by atoms with Crippen molar-refractivity contribution in [3.05, 3.63) is 71.8 Å². The zero-order valence-corrected chi connectivity index (χ0v) is 17.6. The van der Waals surface area contributed by atoms with Gasteiger partial charge in [-0.15, -0.1) is 10.2 Å². The van der Waals surface area contributed by atoms with E-state index in [1.807, 2.05) is 24.3 Å². The number of carbonyl (C=O) groups is 1. The quantitative estimate of drug-likeness (QED) is 0.664. The molecule has 0 bridgehead atoms. The van der Waals surface area contributed by atoms with Gasteiger partial charge in [-0.25, -0.2) is 0 Å². The van der Waals surface area contributed by atoms with Crippen molar-refractivity contribution in [1.29, 1.82) is 0 Å². The second kappa shape index (κ2) is 9.08. The molecular weight excluding hydrogens is 372 g/mol. The first kappa shape index (κ1) is 20.1. The van der Waals surface area contributed by atoms with Crippen LogP contribution in [0.4, 0.5) is 11.5 Å². The number of hydrogen-bond acceptors (Lipinski definition) is 4. The maximum atomic E-state index is 12.6. The lowest BCUT2D eigenvalue weighted by molar-refractivity contribution is -0.120. The molecule has 5 nitrogen and oxygen atoms in total. The van der Waals surface area contributed by atoms with Crippen molar-refractivity contribution >= 4 is 17.4 Å². The van der Waals surface area contributed by atoms with Gasteiger partial charge in [0.05, 0.1) is 5.69 Å². The van der Waals surface area contributed by atoms with E-state index in [4.69, 9.17) is 0 Å². The number of hydrogen-bond donors (Lipinski definition) is 1. The van der Waals surface area contributed by atoms with Crippen molar-refractivity contribution in [1.82, 2.24) is 10.2 Å². The van der Waals surface area contributed by atoms with Crippen LogP contribution in [0.25, 0.3) is 11.3 Å². The van der Waals surface area contributed by atoms with Crippen molar-refractivity contribution < 1.29 is 4.79 Å². The van der Waals surface area contributed by atoms with Crippen molar-refractivity contribution in [3.63, 3.8) is 0 Å². The third-order valence-electron chi connectivity index (χ3n) is 5.82. The third kappa shape index (κ3) is 4.67. The van der Waals surface area contributed by atoms with E-state index in [-0.39, 0.29) is 11.8 Å². The highest BCUT2D eigenvalue weighted by molar-refractivity contribution is 5.92. The average Bonchev–Trinajstić information content (AvgIpc) is 2.80. The minimum absolute atomic E-state index is 0.0342. The van der Waals surface area contributed by atoms with Gasteiger partial charge in [0, 0.05) is 30.3 Å². The maximum Gasteiger partial charge on any atom is 0.227 e. The van der Waals surface area contributed by atoms with Crippen LogP contribution in [-0.4, -0.2) is 29.2 Å². The molecule has 0 atom stereocenters. The van der Waals surface area contributed by atoms with Crippen LogP contribution in [0.5, 0.6) is 0 Å². The molecule has 2 heterocycles. The zero-order chi connectivity index (χ0) is 20.9. The van der Waals surface area contributed by atoms with Gasteiger partial charge in [-0.2, -0.15) is 0 Å². The van der Waals surface area contributed by atoms with Crippen LogP contribution in [0.15, 0.2) is 60.7 Å². The fourth-order valence-corrected chi connectivity index (χ4v) is 3.81. The second-order valence-corrected chi connectivity index (χ2v) is 7.94. The molecular formula is C25H28N4O. The Labute approximate surface area is 178 Å². The Kier molecular flexibility index (Phi) is 6.07. The Bertz CT molecular complexity index is 973. The molecule has 1 aliphatic rings. The van der Waals surface area contributed by atoms with Gasteiger partial charge >= 0.3 is 0 Å². The molecule has 1 aromatic heterocycles. The molecule has 1 N–H and O–H groups in total. The first-order valence-electron chi connectivity index (χ1n) is 10.7. The van der Waals surface area contributed by atoms with E-state index in [9.17, 15) is 4.79 Å². The second-order valence-electron chi connectivity index (χ2n) is 7.94. The smallest absolute Gasteiger partial charge is 0.227 e. The van der Waals surface area contributed by atoms with Gasteiger partial charge in [-0.3, -0.25) is 4.79 Å². The van der Waals surface area contributed by atoms with Gasteiger partial charge in [0.15, 0.2) is 5.82 Å². The lowest BCUT2D eigenvalue weighted by atomic mass is 9.95. The maximum absolute atomic E-state index is 12.6. The number of rotatable bonds is 5. The number of anilines is 2. The van der Waals surface area contributed by atoms with Crippen LogP contribution in [0, 0.1) is 12.8 Å². The summed E-state index contributed by atoms with van der Waals surface area (Å²) in [5.74, 6) is 1.02. The van der Waals surface area contributed by atoms with Crippen molar-refractivity contribution in [2.45, 2.75) is 33.1 Å². The minimum Gasteiger partial charge on any atom is -0.355 e. The molecule has 5 heteroatoms. The van der Waals surface area contributed by atoms with Gasteiger partial charge in [-0.1, -0.05) is 48.9 Å². The molecule has 2 aromatic carbocycles. The molecule has 30 heavy (non-hydrogen) atoms. The number of piperidine rings is 1. The zero-order valence-electron chi connectivity index (χ0n) is 17.6. The molecule has 0 aliphatic carbocycles. The summed E-state index contributed by atoms with van der Waals surface area (Å²) in [4.78, 5) is 14.8. The fraction of sp³-hybridized carbons (Fsp3) is 0.320. The fourth-order valence-electron chi connectivity index (χ4n) is 3.81. The van der Waals surface area contributed by atoms with Gasteiger partial charge < -0.3 is 10.2 Å². The lowest BCUT2D eigenvalue weighted by Gasteiger charge is -2.31. The highest BCUT2D eigenvalue weighted by atomic mass is 16.1. The Morgan fingerprint density at radius 1 is 0.967 bits per heavy atom. The molecule has 4 rings (SSSR count). The summed E-state index contributed by atoms with van der Waals surface area (Å²) in [6.45, 7) is 5.82. The Hall–Kier alpha value is -3.21. The molecule has 1 amide bonds. The van der Waals surface area contributed by atoms with Gasteiger partial charge in [0.1, 0.15) is 0 Å². The Morgan fingerprint density at radius 3 is 2.27 bits per heavy atom. The van der Waals surface area contributed by atoms with Crippen LogP contribution in [0.2, 0.25) is 0 Å². The number of nitrogens with zero attached hydrogens (tertiary/aromatic N) is 3. The molecule has 0 spiro atoms. The normalized spacial score (nSPS) is 14.5. The van der Waals surface area contributed by atoms with Crippen LogP contribution in [0.3, 0.4) is 0 Å². The molecule has 154 valence electrons.